The zero-order chi connectivity index (χ0) is 11.2. The van der Waals surface area contributed by atoms with Crippen LogP contribution in [0.3, 0.4) is 0 Å². The van der Waals surface area contributed by atoms with Gasteiger partial charge < -0.3 is 10.6 Å². The maximum atomic E-state index is 11.8. The van der Waals surface area contributed by atoms with E-state index >= 15 is 0 Å². The van der Waals surface area contributed by atoms with Gasteiger partial charge in [0.2, 0.25) is 5.91 Å². The Kier molecular flexibility index (Phi) is 4.64. The average Bonchev–Trinajstić information content (AvgIpc) is 2.27. The molecule has 0 aliphatic heterocycles. The molecular weight excluding hydrogens is 200 g/mol. The monoisotopic (exact) mass is 224 g/mol. The summed E-state index contributed by atoms with van der Waals surface area (Å²) >= 11 is 0. The number of nitrogens with one attached hydrogen (secondary N) is 2. The van der Waals surface area contributed by atoms with Crippen LogP contribution in [0.4, 0.5) is 0 Å². The smallest absolute Gasteiger partial charge is 0.223 e. The van der Waals surface area contributed by atoms with Crippen molar-refractivity contribution in [3.05, 3.63) is 0 Å². The highest BCUT2D eigenvalue weighted by molar-refractivity contribution is 5.78. The largest absolute Gasteiger partial charge is 0.355 e. The summed E-state index contributed by atoms with van der Waals surface area (Å²) < 4.78 is 0. The Morgan fingerprint density at radius 3 is 2.31 bits per heavy atom. The molecule has 3 heteroatoms. The molecule has 2 aliphatic rings. The van der Waals surface area contributed by atoms with Crippen molar-refractivity contribution in [2.24, 2.45) is 5.92 Å². The average molecular weight is 224 g/mol. The van der Waals surface area contributed by atoms with Crippen molar-refractivity contribution in [2.45, 2.75) is 57.4 Å². The molecule has 0 aromatic carbocycles. The molecule has 0 bridgehead atoms. The van der Waals surface area contributed by atoms with Gasteiger partial charge in [-0.1, -0.05) is 25.7 Å². The highest BCUT2D eigenvalue weighted by Gasteiger charge is 2.20. The van der Waals surface area contributed by atoms with E-state index in [0.717, 1.165) is 32.0 Å². The third-order valence-corrected chi connectivity index (χ3v) is 3.94. The van der Waals surface area contributed by atoms with Crippen LogP contribution in [0.15, 0.2) is 0 Å². The van der Waals surface area contributed by atoms with E-state index in [2.05, 4.69) is 10.6 Å². The Labute approximate surface area is 98.4 Å². The van der Waals surface area contributed by atoms with Crippen LogP contribution in [0.5, 0.6) is 0 Å². The number of carbonyl (C=O) groups is 1. The summed E-state index contributed by atoms with van der Waals surface area (Å²) in [6, 6.07) is 0.728. The molecule has 0 atom stereocenters. The van der Waals surface area contributed by atoms with Crippen molar-refractivity contribution >= 4 is 5.91 Å². The van der Waals surface area contributed by atoms with Crippen molar-refractivity contribution in [3.8, 4) is 0 Å². The second-order valence-corrected chi connectivity index (χ2v) is 5.21. The van der Waals surface area contributed by atoms with E-state index in [-0.39, 0.29) is 5.91 Å². The Balaban J connectivity index is 1.52. The minimum atomic E-state index is 0.287. The van der Waals surface area contributed by atoms with Gasteiger partial charge in [-0.25, -0.2) is 0 Å². The predicted octanol–water partition coefficient (Wildman–Crippen LogP) is 1.82. The molecule has 1 amide bonds. The second kappa shape index (κ2) is 6.24. The molecule has 2 saturated carbocycles. The highest BCUT2D eigenvalue weighted by atomic mass is 16.1. The molecular formula is C13H24N2O. The van der Waals surface area contributed by atoms with Crippen LogP contribution < -0.4 is 10.6 Å². The van der Waals surface area contributed by atoms with Gasteiger partial charge in [0.1, 0.15) is 0 Å². The summed E-state index contributed by atoms with van der Waals surface area (Å²) in [5.74, 6) is 0.590. The van der Waals surface area contributed by atoms with Crippen LogP contribution in [0, 0.1) is 5.92 Å². The van der Waals surface area contributed by atoms with Crippen LogP contribution in [0.2, 0.25) is 0 Å². The van der Waals surface area contributed by atoms with Crippen molar-refractivity contribution in [1.29, 1.82) is 0 Å². The summed E-state index contributed by atoms with van der Waals surface area (Å²) in [5, 5.41) is 6.52. The third kappa shape index (κ3) is 3.48. The lowest BCUT2D eigenvalue weighted by atomic mass is 9.89. The number of rotatable bonds is 5. The molecule has 92 valence electrons. The maximum Gasteiger partial charge on any atom is 0.223 e. The van der Waals surface area contributed by atoms with Gasteiger partial charge in [-0.15, -0.1) is 0 Å². The molecule has 2 aliphatic carbocycles. The molecule has 0 aromatic rings. The Morgan fingerprint density at radius 1 is 0.938 bits per heavy atom. The fourth-order valence-electron chi connectivity index (χ4n) is 2.58. The normalized spacial score (nSPS) is 22.8. The standard InChI is InChI=1S/C13H24N2O/c16-13(11-5-2-1-3-6-11)15-10-9-14-12-7-4-8-12/h11-12,14H,1-10H2,(H,15,16). The number of hydrogen-bond acceptors (Lipinski definition) is 2. The number of amides is 1. The van der Waals surface area contributed by atoms with Crippen molar-refractivity contribution in [1.82, 2.24) is 10.6 Å². The van der Waals surface area contributed by atoms with Gasteiger partial charge in [0.15, 0.2) is 0 Å². The number of hydrogen-bond donors (Lipinski definition) is 2. The molecule has 2 rings (SSSR count). The third-order valence-electron chi connectivity index (χ3n) is 3.94. The summed E-state index contributed by atoms with van der Waals surface area (Å²) in [4.78, 5) is 11.8. The zero-order valence-electron chi connectivity index (χ0n) is 10.1. The first-order valence-corrected chi connectivity index (χ1v) is 6.87. The topological polar surface area (TPSA) is 41.1 Å². The minimum absolute atomic E-state index is 0.287. The number of carbonyl (C=O) groups excluding carboxylic acids is 1. The van der Waals surface area contributed by atoms with Gasteiger partial charge in [-0.05, 0) is 25.7 Å². The maximum absolute atomic E-state index is 11.8. The first kappa shape index (κ1) is 11.9. The molecule has 0 radical (unpaired) electrons. The molecule has 0 spiro atoms. The first-order valence-electron chi connectivity index (χ1n) is 6.87. The van der Waals surface area contributed by atoms with Gasteiger partial charge in [-0.2, -0.15) is 0 Å². The van der Waals surface area contributed by atoms with E-state index in [1.807, 2.05) is 0 Å². The van der Waals surface area contributed by atoms with Gasteiger partial charge in [0.05, 0.1) is 0 Å². The molecule has 3 nitrogen and oxygen atoms in total. The summed E-state index contributed by atoms with van der Waals surface area (Å²) in [6.07, 6.45) is 9.98. The highest BCUT2D eigenvalue weighted by Crippen LogP contribution is 2.23. The van der Waals surface area contributed by atoms with Gasteiger partial charge in [0.25, 0.3) is 0 Å². The van der Waals surface area contributed by atoms with Crippen LogP contribution in [0.1, 0.15) is 51.4 Å². The lowest BCUT2D eigenvalue weighted by molar-refractivity contribution is -0.125. The first-order chi connectivity index (χ1) is 7.86. The molecule has 0 heterocycles. The lowest BCUT2D eigenvalue weighted by Gasteiger charge is -2.27. The van der Waals surface area contributed by atoms with Crippen LogP contribution in [-0.2, 0) is 4.79 Å². The predicted molar refractivity (Wildman–Crippen MR) is 65.2 cm³/mol. The van der Waals surface area contributed by atoms with Crippen LogP contribution >= 0.6 is 0 Å². The van der Waals surface area contributed by atoms with Gasteiger partial charge in [-0.3, -0.25) is 4.79 Å². The van der Waals surface area contributed by atoms with Crippen LogP contribution in [-0.4, -0.2) is 25.0 Å². The van der Waals surface area contributed by atoms with Gasteiger partial charge in [0, 0.05) is 25.0 Å². The summed E-state index contributed by atoms with van der Waals surface area (Å²) in [7, 11) is 0. The minimum Gasteiger partial charge on any atom is -0.355 e. The molecule has 0 unspecified atom stereocenters. The van der Waals surface area contributed by atoms with E-state index < -0.39 is 0 Å². The zero-order valence-corrected chi connectivity index (χ0v) is 10.1. The van der Waals surface area contributed by atoms with Crippen molar-refractivity contribution in [3.63, 3.8) is 0 Å². The fraction of sp³-hybridized carbons (Fsp3) is 0.923. The van der Waals surface area contributed by atoms with E-state index in [9.17, 15) is 4.79 Å². The quantitative estimate of drug-likeness (QED) is 0.699. The van der Waals surface area contributed by atoms with Crippen molar-refractivity contribution in [2.75, 3.05) is 13.1 Å². The van der Waals surface area contributed by atoms with E-state index in [1.165, 1.54) is 38.5 Å². The molecule has 2 N–H and O–H groups in total. The second-order valence-electron chi connectivity index (χ2n) is 5.21. The lowest BCUT2D eigenvalue weighted by Crippen LogP contribution is -2.41. The SMILES string of the molecule is O=C(NCCNC1CCC1)C1CCCCC1. The van der Waals surface area contributed by atoms with Crippen LogP contribution in [0.25, 0.3) is 0 Å². The Hall–Kier alpha value is -0.570. The molecule has 0 saturated heterocycles. The van der Waals surface area contributed by atoms with Gasteiger partial charge >= 0.3 is 0 Å². The van der Waals surface area contributed by atoms with E-state index in [4.69, 9.17) is 0 Å². The van der Waals surface area contributed by atoms with E-state index in [0.29, 0.717) is 5.92 Å². The molecule has 2 fully saturated rings. The fourth-order valence-corrected chi connectivity index (χ4v) is 2.58. The molecule has 0 aromatic heterocycles. The van der Waals surface area contributed by atoms with Crippen molar-refractivity contribution < 1.29 is 4.79 Å². The summed E-state index contributed by atoms with van der Waals surface area (Å²) in [6.45, 7) is 1.73. The molecule has 16 heavy (non-hydrogen) atoms. The summed E-state index contributed by atoms with van der Waals surface area (Å²) in [5.41, 5.74) is 0. The Bertz CT molecular complexity index is 220. The van der Waals surface area contributed by atoms with E-state index in [1.54, 1.807) is 0 Å². The Morgan fingerprint density at radius 2 is 1.69 bits per heavy atom.